The number of hydrogen-bond acceptors (Lipinski definition) is 5. The van der Waals surface area contributed by atoms with E-state index in [-0.39, 0.29) is 11.9 Å². The summed E-state index contributed by atoms with van der Waals surface area (Å²) in [4.78, 5) is 39.6. The topological polar surface area (TPSA) is 87.7 Å². The van der Waals surface area contributed by atoms with E-state index in [0.29, 0.717) is 20.7 Å². The molecule has 1 aromatic carbocycles. The molecule has 2 N–H and O–H groups in total. The predicted octanol–water partition coefficient (Wildman–Crippen LogP) is 4.84. The standard InChI is InChI=1S/C22H26ClN3O4S/c1-13-12-15(7-8-16(13)19(27)26-11-5-6-14(26)2)24-20(28)22(3,4)25-21(29)30-18-10-9-17(23)31-18/h7-10,12,14H,5-6,11H2,1-4H3,(H,24,28)(H,25,29). The number of amides is 3. The molecule has 3 amide bonds. The van der Waals surface area contributed by atoms with Gasteiger partial charge in [-0.05, 0) is 76.4 Å². The van der Waals surface area contributed by atoms with Crippen molar-refractivity contribution >= 4 is 46.5 Å². The van der Waals surface area contributed by atoms with E-state index in [9.17, 15) is 14.4 Å². The highest BCUT2D eigenvalue weighted by Crippen LogP contribution is 2.28. The lowest BCUT2D eigenvalue weighted by Crippen LogP contribution is -2.53. The van der Waals surface area contributed by atoms with Gasteiger partial charge in [0.15, 0.2) is 5.06 Å². The molecular formula is C22H26ClN3O4S. The Morgan fingerprint density at radius 1 is 1.23 bits per heavy atom. The first kappa shape index (κ1) is 23.1. The number of anilines is 1. The zero-order chi connectivity index (χ0) is 22.8. The van der Waals surface area contributed by atoms with Crippen LogP contribution in [0.4, 0.5) is 10.5 Å². The number of halogens is 1. The second-order valence-corrected chi connectivity index (χ2v) is 9.85. The average Bonchev–Trinajstić information content (AvgIpc) is 3.28. The number of thiophene rings is 1. The number of carbonyl (C=O) groups excluding carboxylic acids is 3. The lowest BCUT2D eigenvalue weighted by atomic mass is 10.0. The summed E-state index contributed by atoms with van der Waals surface area (Å²) >= 11 is 6.94. The molecule has 166 valence electrons. The molecule has 1 atom stereocenters. The molecule has 1 fully saturated rings. The van der Waals surface area contributed by atoms with Gasteiger partial charge in [0.1, 0.15) is 5.54 Å². The number of hydrogen-bond donors (Lipinski definition) is 2. The third kappa shape index (κ3) is 5.57. The maximum atomic E-state index is 12.8. The van der Waals surface area contributed by atoms with Crippen LogP contribution < -0.4 is 15.4 Å². The van der Waals surface area contributed by atoms with Crippen LogP contribution in [0.25, 0.3) is 0 Å². The highest BCUT2D eigenvalue weighted by atomic mass is 35.5. The molecule has 0 aliphatic carbocycles. The SMILES string of the molecule is Cc1cc(NC(=O)C(C)(C)NC(=O)Oc2ccc(Cl)s2)ccc1C(=O)N1CCCC1C. The minimum absolute atomic E-state index is 0.0128. The molecule has 9 heteroatoms. The largest absolute Gasteiger partial charge is 0.414 e. The maximum Gasteiger partial charge on any atom is 0.414 e. The summed E-state index contributed by atoms with van der Waals surface area (Å²) in [6.07, 6.45) is 1.28. The molecule has 0 bridgehead atoms. The molecule has 0 saturated carbocycles. The monoisotopic (exact) mass is 463 g/mol. The molecule has 2 aromatic rings. The van der Waals surface area contributed by atoms with Crippen molar-refractivity contribution in [2.24, 2.45) is 0 Å². The number of nitrogens with one attached hydrogen (secondary N) is 2. The summed E-state index contributed by atoms with van der Waals surface area (Å²) in [6.45, 7) is 7.82. The highest BCUT2D eigenvalue weighted by molar-refractivity contribution is 7.17. The summed E-state index contributed by atoms with van der Waals surface area (Å²) in [5.74, 6) is -0.404. The Morgan fingerprint density at radius 3 is 2.55 bits per heavy atom. The van der Waals surface area contributed by atoms with E-state index >= 15 is 0 Å². The maximum absolute atomic E-state index is 12.8. The highest BCUT2D eigenvalue weighted by Gasteiger charge is 2.31. The van der Waals surface area contributed by atoms with E-state index in [4.69, 9.17) is 16.3 Å². The normalized spacial score (nSPS) is 16.2. The van der Waals surface area contributed by atoms with E-state index in [1.54, 1.807) is 44.2 Å². The first-order chi connectivity index (χ1) is 14.6. The van der Waals surface area contributed by atoms with Crippen molar-refractivity contribution in [2.45, 2.75) is 52.1 Å². The van der Waals surface area contributed by atoms with Crippen molar-refractivity contribution in [3.63, 3.8) is 0 Å². The molecular weight excluding hydrogens is 438 g/mol. The number of nitrogens with zero attached hydrogens (tertiary/aromatic N) is 1. The summed E-state index contributed by atoms with van der Waals surface area (Å²) in [7, 11) is 0. The molecule has 1 unspecified atom stereocenters. The smallest absolute Gasteiger partial charge is 0.399 e. The Bertz CT molecular complexity index is 1000. The second kappa shape index (κ2) is 9.28. The number of likely N-dealkylation sites (tertiary alicyclic amines) is 1. The van der Waals surface area contributed by atoms with Crippen molar-refractivity contribution in [2.75, 3.05) is 11.9 Å². The fourth-order valence-corrected chi connectivity index (χ4v) is 4.31. The Kier molecular flexibility index (Phi) is 6.91. The molecule has 2 heterocycles. The molecule has 31 heavy (non-hydrogen) atoms. The lowest BCUT2D eigenvalue weighted by molar-refractivity contribution is -0.121. The Labute approximate surface area is 190 Å². The zero-order valence-electron chi connectivity index (χ0n) is 18.0. The first-order valence-electron chi connectivity index (χ1n) is 10.1. The van der Waals surface area contributed by atoms with Crippen molar-refractivity contribution in [1.29, 1.82) is 0 Å². The molecule has 0 spiro atoms. The van der Waals surface area contributed by atoms with Crippen LogP contribution in [0.2, 0.25) is 4.34 Å². The fraction of sp³-hybridized carbons (Fsp3) is 0.409. The van der Waals surface area contributed by atoms with E-state index < -0.39 is 17.5 Å². The molecule has 1 saturated heterocycles. The molecule has 7 nitrogen and oxygen atoms in total. The van der Waals surface area contributed by atoms with Crippen molar-refractivity contribution < 1.29 is 19.1 Å². The van der Waals surface area contributed by atoms with Crippen LogP contribution >= 0.6 is 22.9 Å². The average molecular weight is 464 g/mol. The van der Waals surface area contributed by atoms with Crippen LogP contribution in [-0.2, 0) is 4.79 Å². The number of aryl methyl sites for hydroxylation is 1. The number of ether oxygens (including phenoxy) is 1. The molecule has 1 aliphatic rings. The van der Waals surface area contributed by atoms with Gasteiger partial charge in [-0.15, -0.1) is 0 Å². The van der Waals surface area contributed by atoms with Gasteiger partial charge in [0.2, 0.25) is 5.91 Å². The summed E-state index contributed by atoms with van der Waals surface area (Å²) in [5.41, 5.74) is 0.719. The van der Waals surface area contributed by atoms with Crippen molar-refractivity contribution in [3.05, 3.63) is 45.8 Å². The predicted molar refractivity (Wildman–Crippen MR) is 122 cm³/mol. The molecule has 1 aromatic heterocycles. The quantitative estimate of drug-likeness (QED) is 0.664. The van der Waals surface area contributed by atoms with Crippen LogP contribution in [0.5, 0.6) is 5.06 Å². The number of benzene rings is 1. The number of carbonyl (C=O) groups is 3. The summed E-state index contributed by atoms with van der Waals surface area (Å²) in [6, 6.07) is 8.62. The lowest BCUT2D eigenvalue weighted by Gasteiger charge is -2.25. The van der Waals surface area contributed by atoms with Gasteiger partial charge in [0.05, 0.1) is 4.34 Å². The number of rotatable bonds is 5. The van der Waals surface area contributed by atoms with Gasteiger partial charge in [-0.1, -0.05) is 22.9 Å². The summed E-state index contributed by atoms with van der Waals surface area (Å²) < 4.78 is 5.65. The van der Waals surface area contributed by atoms with Crippen LogP contribution in [0, 0.1) is 6.92 Å². The van der Waals surface area contributed by atoms with Gasteiger partial charge in [-0.2, -0.15) is 0 Å². The van der Waals surface area contributed by atoms with E-state index in [1.165, 1.54) is 0 Å². The van der Waals surface area contributed by atoms with E-state index in [2.05, 4.69) is 17.6 Å². The third-order valence-electron chi connectivity index (χ3n) is 5.25. The van der Waals surface area contributed by atoms with Crippen molar-refractivity contribution in [1.82, 2.24) is 10.2 Å². The van der Waals surface area contributed by atoms with Gasteiger partial charge >= 0.3 is 6.09 Å². The second-order valence-electron chi connectivity index (χ2n) is 8.17. The van der Waals surface area contributed by atoms with E-state index in [0.717, 1.165) is 36.3 Å². The molecule has 1 aliphatic heterocycles. The minimum atomic E-state index is -1.23. The summed E-state index contributed by atoms with van der Waals surface area (Å²) in [5, 5.41) is 5.67. The minimum Gasteiger partial charge on any atom is -0.399 e. The Balaban J connectivity index is 1.62. The zero-order valence-corrected chi connectivity index (χ0v) is 19.5. The van der Waals surface area contributed by atoms with Gasteiger partial charge in [0.25, 0.3) is 5.91 Å². The molecule has 3 rings (SSSR count). The van der Waals surface area contributed by atoms with Gasteiger partial charge in [-0.3, -0.25) is 9.59 Å². The van der Waals surface area contributed by atoms with E-state index in [1.807, 2.05) is 11.8 Å². The van der Waals surface area contributed by atoms with Crippen LogP contribution in [0.1, 0.15) is 49.5 Å². The third-order valence-corrected chi connectivity index (χ3v) is 6.36. The van der Waals surface area contributed by atoms with Gasteiger partial charge in [-0.25, -0.2) is 4.79 Å². The fourth-order valence-electron chi connectivity index (χ4n) is 3.44. The molecule has 0 radical (unpaired) electrons. The Hall–Kier alpha value is -2.58. The van der Waals surface area contributed by atoms with Crippen LogP contribution in [0.3, 0.4) is 0 Å². The first-order valence-corrected chi connectivity index (χ1v) is 11.2. The van der Waals surface area contributed by atoms with Crippen molar-refractivity contribution in [3.8, 4) is 5.06 Å². The van der Waals surface area contributed by atoms with Gasteiger partial charge < -0.3 is 20.3 Å². The van der Waals surface area contributed by atoms with Gasteiger partial charge in [0, 0.05) is 23.8 Å². The Morgan fingerprint density at radius 2 is 1.97 bits per heavy atom. The van der Waals surface area contributed by atoms with Crippen LogP contribution in [-0.4, -0.2) is 40.9 Å². The van der Waals surface area contributed by atoms with Crippen LogP contribution in [0.15, 0.2) is 30.3 Å².